The largest absolute Gasteiger partial charge is 0.497 e. The highest BCUT2D eigenvalue weighted by molar-refractivity contribution is 5.63. The fourth-order valence-electron chi connectivity index (χ4n) is 1.84. The van der Waals surface area contributed by atoms with E-state index in [1.165, 1.54) is 0 Å². The Hall–Kier alpha value is -1.81. The van der Waals surface area contributed by atoms with Gasteiger partial charge in [-0.25, -0.2) is 4.98 Å². The second-order valence-corrected chi connectivity index (χ2v) is 3.95. The number of hydrogen-bond acceptors (Lipinski definition) is 3. The molecule has 2 aromatic rings. The van der Waals surface area contributed by atoms with Gasteiger partial charge in [0.15, 0.2) is 0 Å². The number of nitrogens with zero attached hydrogens (tertiary/aromatic N) is 2. The Balaban J connectivity index is 2.45. The number of aromatic nitrogens is 2. The summed E-state index contributed by atoms with van der Waals surface area (Å²) in [6, 6.07) is 7.89. The second kappa shape index (κ2) is 4.59. The van der Waals surface area contributed by atoms with Crippen LogP contribution in [-0.2, 0) is 13.6 Å². The molecule has 0 aliphatic rings. The van der Waals surface area contributed by atoms with Gasteiger partial charge in [-0.1, -0.05) is 0 Å². The lowest BCUT2D eigenvalue weighted by Gasteiger charge is -2.02. The molecule has 0 fully saturated rings. The maximum atomic E-state index is 5.65. The SMILES string of the molecule is COc1ccc(-c2nc(CN)n(C)c2C)cc1. The Morgan fingerprint density at radius 2 is 1.94 bits per heavy atom. The number of methoxy groups -OCH3 is 1. The molecule has 17 heavy (non-hydrogen) atoms. The maximum absolute atomic E-state index is 5.65. The lowest BCUT2D eigenvalue weighted by Crippen LogP contribution is -2.05. The molecule has 1 aromatic carbocycles. The van der Waals surface area contributed by atoms with Crippen molar-refractivity contribution in [2.24, 2.45) is 12.8 Å². The molecule has 1 heterocycles. The molecule has 4 heteroatoms. The Bertz CT molecular complexity index is 514. The van der Waals surface area contributed by atoms with Gasteiger partial charge >= 0.3 is 0 Å². The molecule has 0 unspecified atom stereocenters. The van der Waals surface area contributed by atoms with E-state index in [0.29, 0.717) is 6.54 Å². The third-order valence-electron chi connectivity index (χ3n) is 3.02. The van der Waals surface area contributed by atoms with Crippen molar-refractivity contribution in [2.75, 3.05) is 7.11 Å². The minimum Gasteiger partial charge on any atom is -0.497 e. The predicted octanol–water partition coefficient (Wildman–Crippen LogP) is 1.86. The summed E-state index contributed by atoms with van der Waals surface area (Å²) in [5, 5.41) is 0. The third kappa shape index (κ3) is 2.03. The summed E-state index contributed by atoms with van der Waals surface area (Å²) in [7, 11) is 3.64. The smallest absolute Gasteiger partial charge is 0.123 e. The number of rotatable bonds is 3. The topological polar surface area (TPSA) is 53.1 Å². The molecule has 0 bridgehead atoms. The van der Waals surface area contributed by atoms with Crippen molar-refractivity contribution < 1.29 is 4.74 Å². The third-order valence-corrected chi connectivity index (χ3v) is 3.02. The van der Waals surface area contributed by atoms with Gasteiger partial charge in [0.25, 0.3) is 0 Å². The monoisotopic (exact) mass is 231 g/mol. The van der Waals surface area contributed by atoms with E-state index in [1.807, 2.05) is 42.8 Å². The van der Waals surface area contributed by atoms with Gasteiger partial charge in [-0.15, -0.1) is 0 Å². The Kier molecular flexibility index (Phi) is 3.15. The summed E-state index contributed by atoms with van der Waals surface area (Å²) < 4.78 is 7.17. The standard InChI is InChI=1S/C13H17N3O/c1-9-13(15-12(8-14)16(9)2)10-4-6-11(17-3)7-5-10/h4-7H,8,14H2,1-3H3. The summed E-state index contributed by atoms with van der Waals surface area (Å²) in [6.07, 6.45) is 0. The van der Waals surface area contributed by atoms with Crippen LogP contribution in [0.1, 0.15) is 11.5 Å². The second-order valence-electron chi connectivity index (χ2n) is 3.95. The molecule has 0 aliphatic carbocycles. The fourth-order valence-corrected chi connectivity index (χ4v) is 1.84. The van der Waals surface area contributed by atoms with Crippen LogP contribution >= 0.6 is 0 Å². The van der Waals surface area contributed by atoms with Crippen molar-refractivity contribution in [3.63, 3.8) is 0 Å². The number of ether oxygens (including phenoxy) is 1. The quantitative estimate of drug-likeness (QED) is 0.877. The van der Waals surface area contributed by atoms with E-state index in [4.69, 9.17) is 10.5 Å². The molecular weight excluding hydrogens is 214 g/mol. The zero-order chi connectivity index (χ0) is 12.4. The summed E-state index contributed by atoms with van der Waals surface area (Å²) in [4.78, 5) is 4.55. The van der Waals surface area contributed by atoms with E-state index in [-0.39, 0.29) is 0 Å². The van der Waals surface area contributed by atoms with Crippen molar-refractivity contribution >= 4 is 0 Å². The van der Waals surface area contributed by atoms with E-state index >= 15 is 0 Å². The Labute approximate surface area is 101 Å². The van der Waals surface area contributed by atoms with Crippen LogP contribution in [-0.4, -0.2) is 16.7 Å². The van der Waals surface area contributed by atoms with E-state index in [9.17, 15) is 0 Å². The van der Waals surface area contributed by atoms with E-state index in [2.05, 4.69) is 4.98 Å². The molecule has 0 saturated carbocycles. The molecule has 0 radical (unpaired) electrons. The van der Waals surface area contributed by atoms with Gasteiger partial charge < -0.3 is 15.0 Å². The van der Waals surface area contributed by atoms with Crippen LogP contribution < -0.4 is 10.5 Å². The number of hydrogen-bond donors (Lipinski definition) is 1. The molecular formula is C13H17N3O. The van der Waals surface area contributed by atoms with Crippen molar-refractivity contribution in [1.82, 2.24) is 9.55 Å². The van der Waals surface area contributed by atoms with E-state index in [0.717, 1.165) is 28.5 Å². The Morgan fingerprint density at radius 1 is 1.29 bits per heavy atom. The van der Waals surface area contributed by atoms with Gasteiger partial charge in [0.2, 0.25) is 0 Å². The van der Waals surface area contributed by atoms with Crippen LogP contribution in [0.5, 0.6) is 5.75 Å². The summed E-state index contributed by atoms with van der Waals surface area (Å²) in [5.41, 5.74) is 8.84. The average molecular weight is 231 g/mol. The minimum absolute atomic E-state index is 0.452. The van der Waals surface area contributed by atoms with Crippen molar-refractivity contribution in [1.29, 1.82) is 0 Å². The van der Waals surface area contributed by atoms with Crippen molar-refractivity contribution in [3.05, 3.63) is 35.8 Å². The normalized spacial score (nSPS) is 10.6. The zero-order valence-electron chi connectivity index (χ0n) is 10.4. The van der Waals surface area contributed by atoms with Crippen LogP contribution in [0.25, 0.3) is 11.3 Å². The van der Waals surface area contributed by atoms with Gasteiger partial charge in [-0.2, -0.15) is 0 Å². The fraction of sp³-hybridized carbons (Fsp3) is 0.308. The van der Waals surface area contributed by atoms with Crippen molar-refractivity contribution in [3.8, 4) is 17.0 Å². The molecule has 0 spiro atoms. The minimum atomic E-state index is 0.452. The summed E-state index contributed by atoms with van der Waals surface area (Å²) in [5.74, 6) is 1.75. The molecule has 0 amide bonds. The van der Waals surface area contributed by atoms with Gasteiger partial charge in [-0.3, -0.25) is 0 Å². The highest BCUT2D eigenvalue weighted by Crippen LogP contribution is 2.24. The lowest BCUT2D eigenvalue weighted by molar-refractivity contribution is 0.415. The molecule has 2 rings (SSSR count). The summed E-state index contributed by atoms with van der Waals surface area (Å²) >= 11 is 0. The first-order chi connectivity index (χ1) is 8.17. The van der Waals surface area contributed by atoms with Crippen LogP contribution in [0.15, 0.2) is 24.3 Å². The number of nitrogens with two attached hydrogens (primary N) is 1. The summed E-state index contributed by atoms with van der Waals surface area (Å²) in [6.45, 7) is 2.50. The highest BCUT2D eigenvalue weighted by atomic mass is 16.5. The predicted molar refractivity (Wildman–Crippen MR) is 67.8 cm³/mol. The first kappa shape index (κ1) is 11.7. The van der Waals surface area contributed by atoms with Crippen LogP contribution in [0.4, 0.5) is 0 Å². The van der Waals surface area contributed by atoms with Crippen LogP contribution in [0, 0.1) is 6.92 Å². The van der Waals surface area contributed by atoms with Gasteiger partial charge in [0.1, 0.15) is 11.6 Å². The zero-order valence-corrected chi connectivity index (χ0v) is 10.4. The van der Waals surface area contributed by atoms with E-state index in [1.54, 1.807) is 7.11 Å². The first-order valence-electron chi connectivity index (χ1n) is 5.54. The van der Waals surface area contributed by atoms with Gasteiger partial charge in [0, 0.05) is 18.3 Å². The Morgan fingerprint density at radius 3 is 2.41 bits per heavy atom. The maximum Gasteiger partial charge on any atom is 0.123 e. The molecule has 1 aromatic heterocycles. The molecule has 90 valence electrons. The first-order valence-corrected chi connectivity index (χ1v) is 5.54. The van der Waals surface area contributed by atoms with Crippen LogP contribution in [0.3, 0.4) is 0 Å². The molecule has 0 aliphatic heterocycles. The van der Waals surface area contributed by atoms with Crippen LogP contribution in [0.2, 0.25) is 0 Å². The van der Waals surface area contributed by atoms with E-state index < -0.39 is 0 Å². The number of imidazole rings is 1. The van der Waals surface area contributed by atoms with Crippen molar-refractivity contribution in [2.45, 2.75) is 13.5 Å². The van der Waals surface area contributed by atoms with Gasteiger partial charge in [-0.05, 0) is 31.2 Å². The molecule has 2 N–H and O–H groups in total. The molecule has 0 saturated heterocycles. The molecule has 0 atom stereocenters. The lowest BCUT2D eigenvalue weighted by atomic mass is 10.1. The number of benzene rings is 1. The highest BCUT2D eigenvalue weighted by Gasteiger charge is 2.11. The molecule has 4 nitrogen and oxygen atoms in total. The average Bonchev–Trinajstić information content (AvgIpc) is 2.66. The van der Waals surface area contributed by atoms with Gasteiger partial charge in [0.05, 0.1) is 19.3 Å².